The molecule has 0 unspecified atom stereocenters. The maximum Gasteiger partial charge on any atom is 0.136 e. The zero-order valence-electron chi connectivity index (χ0n) is 35.1. The summed E-state index contributed by atoms with van der Waals surface area (Å²) in [6, 6.07) is 40.7. The van der Waals surface area contributed by atoms with Gasteiger partial charge in [-0.25, -0.2) is 0 Å². The van der Waals surface area contributed by atoms with Crippen LogP contribution in [0, 0.1) is 0 Å². The first-order valence-electron chi connectivity index (χ1n) is 20.9. The fraction of sp³-hybridized carbons (Fsp3) is 0. The molecule has 236 valence electrons. The second-order valence-corrected chi connectivity index (χ2v) is 13.0. The Labute approximate surface area is 305 Å². The van der Waals surface area contributed by atoms with Gasteiger partial charge in [-0.1, -0.05) is 158 Å². The minimum absolute atomic E-state index is 0.161. The van der Waals surface area contributed by atoms with Crippen LogP contribution in [-0.4, -0.2) is 0 Å². The van der Waals surface area contributed by atoms with Crippen molar-refractivity contribution in [3.63, 3.8) is 0 Å². The molecule has 0 amide bonds. The largest absolute Gasteiger partial charge is 0.456 e. The lowest BCUT2D eigenvalue weighted by molar-refractivity contribution is 0.669. The minimum Gasteiger partial charge on any atom is -0.456 e. The molecular weight excluding hydrogens is 617 g/mol. The molecule has 10 aromatic carbocycles. The van der Waals surface area contributed by atoms with Crippen LogP contribution in [0.4, 0.5) is 0 Å². The van der Waals surface area contributed by atoms with Crippen LogP contribution in [0.15, 0.2) is 186 Å². The van der Waals surface area contributed by atoms with E-state index in [1.165, 1.54) is 0 Å². The van der Waals surface area contributed by atoms with Crippen molar-refractivity contribution in [3.8, 4) is 33.4 Å². The minimum atomic E-state index is -0.443. The highest BCUT2D eigenvalue weighted by atomic mass is 16.3. The fourth-order valence-corrected chi connectivity index (χ4v) is 8.01. The Morgan fingerprint density at radius 3 is 1.59 bits per heavy atom. The van der Waals surface area contributed by atoms with Gasteiger partial charge in [-0.05, 0) is 112 Å². The Balaban J connectivity index is 1.34. The lowest BCUT2D eigenvalue weighted by Gasteiger charge is -2.20. The van der Waals surface area contributed by atoms with Gasteiger partial charge in [0.1, 0.15) is 11.2 Å². The van der Waals surface area contributed by atoms with Gasteiger partial charge in [-0.3, -0.25) is 0 Å². The second kappa shape index (κ2) is 10.9. The predicted octanol–water partition coefficient (Wildman–Crippen LogP) is 14.4. The van der Waals surface area contributed by atoms with Crippen molar-refractivity contribution in [2.45, 2.75) is 0 Å². The van der Waals surface area contributed by atoms with E-state index in [1.54, 1.807) is 0 Å². The quantitative estimate of drug-likeness (QED) is 0.173. The van der Waals surface area contributed by atoms with Gasteiger partial charge in [0, 0.05) is 10.8 Å². The number of fused-ring (bicyclic) bond motifs is 8. The van der Waals surface area contributed by atoms with Crippen LogP contribution in [0.1, 0.15) is 11.0 Å². The molecule has 0 bridgehead atoms. The summed E-state index contributed by atoms with van der Waals surface area (Å²) in [5.74, 6) is 0. The molecule has 0 aliphatic rings. The topological polar surface area (TPSA) is 13.1 Å². The Morgan fingerprint density at radius 1 is 0.353 bits per heavy atom. The van der Waals surface area contributed by atoms with E-state index in [9.17, 15) is 5.48 Å². The zero-order valence-corrected chi connectivity index (χ0v) is 27.1. The van der Waals surface area contributed by atoms with Crippen molar-refractivity contribution in [3.05, 3.63) is 182 Å². The molecule has 0 radical (unpaired) electrons. The molecule has 1 heterocycles. The molecule has 0 saturated heterocycles. The average molecular weight is 655 g/mol. The molecule has 0 atom stereocenters. The molecule has 0 spiro atoms. The van der Waals surface area contributed by atoms with Crippen LogP contribution in [0.25, 0.3) is 109 Å². The SMILES string of the molecule is [2H]c1c([2H])c([2H])c2c(-c3cccc4oc5cc6ccccc6cc5c34)c3c([2H])c([2H])c([2H])c([2H])c3c(-c3ccc(-c4ccc5ccccc5c4)c4ccccc34)c2c1[2H]. The molecule has 0 fully saturated rings. The molecule has 11 rings (SSSR count). The molecule has 51 heavy (non-hydrogen) atoms. The van der Waals surface area contributed by atoms with Gasteiger partial charge in [0.15, 0.2) is 0 Å². The predicted molar refractivity (Wildman–Crippen MR) is 218 cm³/mol. The van der Waals surface area contributed by atoms with Crippen molar-refractivity contribution in [1.29, 1.82) is 0 Å². The van der Waals surface area contributed by atoms with Gasteiger partial charge in [0.2, 0.25) is 0 Å². The van der Waals surface area contributed by atoms with E-state index in [1.807, 2.05) is 103 Å². The van der Waals surface area contributed by atoms with Crippen molar-refractivity contribution in [1.82, 2.24) is 0 Å². The standard InChI is InChI=1S/C50H30O/c1-2-13-32-28-35(25-24-31(32)12-1)36-26-27-43(38-17-6-5-16-37(36)38)48-39-18-7-9-20-41(39)49(42-21-10-8-19-40(42)48)44-22-11-23-46-50(44)45-29-33-14-3-4-15-34(33)30-47(45)51-46/h1-30H/i7D,8D,9D,10D,18D,19D,20D,21D. The van der Waals surface area contributed by atoms with Gasteiger partial charge in [0.25, 0.3) is 0 Å². The maximum absolute atomic E-state index is 9.59. The summed E-state index contributed by atoms with van der Waals surface area (Å²) in [6.45, 7) is 0. The van der Waals surface area contributed by atoms with Crippen LogP contribution in [0.3, 0.4) is 0 Å². The molecule has 0 N–H and O–H groups in total. The Hall–Kier alpha value is -6.70. The van der Waals surface area contributed by atoms with Gasteiger partial charge in [-0.15, -0.1) is 0 Å². The van der Waals surface area contributed by atoms with Crippen LogP contribution in [0.2, 0.25) is 0 Å². The number of rotatable bonds is 3. The number of benzene rings is 10. The van der Waals surface area contributed by atoms with Crippen LogP contribution >= 0.6 is 0 Å². The molecule has 0 saturated carbocycles. The first-order valence-corrected chi connectivity index (χ1v) is 16.9. The third-order valence-corrected chi connectivity index (χ3v) is 10.3. The Kier molecular flexibility index (Phi) is 4.57. The molecule has 0 aliphatic heterocycles. The monoisotopic (exact) mass is 654 g/mol. The van der Waals surface area contributed by atoms with Crippen molar-refractivity contribution in [2.75, 3.05) is 0 Å². The van der Waals surface area contributed by atoms with Gasteiger partial charge < -0.3 is 4.42 Å². The molecule has 11 aromatic rings. The van der Waals surface area contributed by atoms with Crippen molar-refractivity contribution in [2.24, 2.45) is 0 Å². The van der Waals surface area contributed by atoms with E-state index in [0.29, 0.717) is 33.2 Å². The van der Waals surface area contributed by atoms with Crippen molar-refractivity contribution >= 4 is 75.8 Å². The maximum atomic E-state index is 9.59. The van der Waals surface area contributed by atoms with Gasteiger partial charge in [-0.2, -0.15) is 0 Å². The van der Waals surface area contributed by atoms with Crippen LogP contribution in [-0.2, 0) is 0 Å². The summed E-state index contributed by atoms with van der Waals surface area (Å²) < 4.78 is 80.7. The third-order valence-electron chi connectivity index (χ3n) is 10.3. The smallest absolute Gasteiger partial charge is 0.136 e. The first-order chi connectivity index (χ1) is 28.6. The summed E-state index contributed by atoms with van der Waals surface area (Å²) in [5.41, 5.74) is 4.83. The average Bonchev–Trinajstić information content (AvgIpc) is 3.64. The van der Waals surface area contributed by atoms with E-state index < -0.39 is 24.2 Å². The van der Waals surface area contributed by atoms with Crippen LogP contribution in [0.5, 0.6) is 0 Å². The van der Waals surface area contributed by atoms with E-state index >= 15 is 0 Å². The highest BCUT2D eigenvalue weighted by molar-refractivity contribution is 6.27. The molecule has 1 nitrogen and oxygen atoms in total. The Bertz CT molecular complexity index is 3580. The summed E-state index contributed by atoms with van der Waals surface area (Å²) in [4.78, 5) is 0. The van der Waals surface area contributed by atoms with Crippen molar-refractivity contribution < 1.29 is 15.4 Å². The van der Waals surface area contributed by atoms with Crippen LogP contribution < -0.4 is 0 Å². The first kappa shape index (κ1) is 21.4. The lowest BCUT2D eigenvalue weighted by Crippen LogP contribution is -1.93. The van der Waals surface area contributed by atoms with Gasteiger partial charge >= 0.3 is 0 Å². The highest BCUT2D eigenvalue weighted by Gasteiger charge is 2.21. The number of hydrogen-bond acceptors (Lipinski definition) is 1. The van der Waals surface area contributed by atoms with E-state index in [0.717, 1.165) is 48.8 Å². The highest BCUT2D eigenvalue weighted by Crippen LogP contribution is 2.49. The number of hydrogen-bond donors (Lipinski definition) is 0. The molecule has 1 aromatic heterocycles. The fourth-order valence-electron chi connectivity index (χ4n) is 8.01. The summed E-state index contributed by atoms with van der Waals surface area (Å²) in [7, 11) is 0. The van der Waals surface area contributed by atoms with E-state index in [2.05, 4.69) is 30.3 Å². The molecular formula is C50H30O. The summed E-state index contributed by atoms with van der Waals surface area (Å²) in [6.07, 6.45) is 0. The lowest BCUT2D eigenvalue weighted by atomic mass is 9.83. The van der Waals surface area contributed by atoms with E-state index in [4.69, 9.17) is 9.90 Å². The Morgan fingerprint density at radius 2 is 0.902 bits per heavy atom. The molecule has 1 heteroatoms. The molecule has 0 aliphatic carbocycles. The zero-order chi connectivity index (χ0) is 40.4. The normalized spacial score (nSPS) is 14.1. The summed E-state index contributed by atoms with van der Waals surface area (Å²) >= 11 is 0. The van der Waals surface area contributed by atoms with E-state index in [-0.39, 0.29) is 51.3 Å². The number of furan rings is 1. The summed E-state index contributed by atoms with van der Waals surface area (Å²) in [5, 5.41) is 7.93. The second-order valence-electron chi connectivity index (χ2n) is 13.0. The van der Waals surface area contributed by atoms with Gasteiger partial charge in [0.05, 0.1) is 11.0 Å². The third kappa shape index (κ3) is 4.22.